The minimum atomic E-state index is -0.797. The molecule has 0 N–H and O–H groups in total. The first kappa shape index (κ1) is 8.80. The van der Waals surface area contributed by atoms with E-state index in [2.05, 4.69) is 23.7 Å². The van der Waals surface area contributed by atoms with Crippen molar-refractivity contribution < 1.29 is 0 Å². The molecule has 0 aliphatic heterocycles. The van der Waals surface area contributed by atoms with E-state index in [0.717, 1.165) is 5.92 Å². The Balaban J connectivity index is 2.93. The zero-order valence-electron chi connectivity index (χ0n) is 6.57. The molecule has 0 nitrogen and oxygen atoms in total. The number of hydrogen-bond acceptors (Lipinski definition) is 0. The van der Waals surface area contributed by atoms with Crippen molar-refractivity contribution in [2.45, 2.75) is 34.6 Å². The fourth-order valence-corrected chi connectivity index (χ4v) is 4.47. The zero-order chi connectivity index (χ0) is 6.57. The Kier molecular flexibility index (Phi) is 5.12. The predicted molar refractivity (Wildman–Crippen MR) is 43.1 cm³/mol. The van der Waals surface area contributed by atoms with E-state index in [-0.39, 0.29) is 0 Å². The summed E-state index contributed by atoms with van der Waals surface area (Å²) in [5.41, 5.74) is 0. The van der Waals surface area contributed by atoms with Gasteiger partial charge in [-0.05, 0) is 0 Å². The molecule has 0 atom stereocenters. The molecule has 0 aromatic rings. The van der Waals surface area contributed by atoms with Crippen LogP contribution in [0.4, 0.5) is 0 Å². The van der Waals surface area contributed by atoms with Crippen LogP contribution < -0.4 is 0 Å². The van der Waals surface area contributed by atoms with Crippen molar-refractivity contribution in [2.24, 2.45) is 5.92 Å². The van der Waals surface area contributed by atoms with E-state index in [1.165, 1.54) is 6.42 Å². The number of rotatable bonds is 3. The third-order valence-corrected chi connectivity index (χ3v) is 5.57. The average Bonchev–Trinajstić information content (AvgIpc) is 1.61. The van der Waals surface area contributed by atoms with Gasteiger partial charge >= 0.3 is 60.3 Å². The molecule has 0 rings (SSSR count). The van der Waals surface area contributed by atoms with Crippen LogP contribution in [0.1, 0.15) is 20.3 Å². The van der Waals surface area contributed by atoms with Crippen LogP contribution in [-0.2, 0) is 0 Å². The van der Waals surface area contributed by atoms with Gasteiger partial charge in [0.05, 0.1) is 0 Å². The summed E-state index contributed by atoms with van der Waals surface area (Å²) in [5, 5.41) is 0. The average molecular weight is 221 g/mol. The molecule has 0 aliphatic rings. The van der Waals surface area contributed by atoms with E-state index >= 15 is 0 Å². The standard InChI is InChI=1S/C5H11.2CH3.Sn.H/c1-4-5(2)3;;;;/h5H,1,4H2,2-3H3;2*1H3;;. The van der Waals surface area contributed by atoms with Gasteiger partial charge in [0.1, 0.15) is 0 Å². The topological polar surface area (TPSA) is 0 Å². The van der Waals surface area contributed by atoms with Crippen LogP contribution in [0.2, 0.25) is 14.3 Å². The Labute approximate surface area is 60.4 Å². The Morgan fingerprint density at radius 2 is 1.75 bits per heavy atom. The molecule has 0 heterocycles. The molecule has 0 amide bonds. The molecule has 0 saturated heterocycles. The first-order valence-electron chi connectivity index (χ1n) is 3.63. The van der Waals surface area contributed by atoms with Gasteiger partial charge in [-0.1, -0.05) is 0 Å². The summed E-state index contributed by atoms with van der Waals surface area (Å²) in [6, 6.07) is 0. The van der Waals surface area contributed by atoms with Crippen LogP contribution in [0, 0.1) is 5.92 Å². The molecule has 0 saturated carbocycles. The van der Waals surface area contributed by atoms with Crippen LogP contribution in [0.5, 0.6) is 0 Å². The molecule has 8 heavy (non-hydrogen) atoms. The predicted octanol–water partition coefficient (Wildman–Crippen LogP) is 2.52. The van der Waals surface area contributed by atoms with Gasteiger partial charge in [0.15, 0.2) is 0 Å². The summed E-state index contributed by atoms with van der Waals surface area (Å²) in [5.74, 6) is 0.939. The first-order valence-corrected chi connectivity index (χ1v) is 12.5. The summed E-state index contributed by atoms with van der Waals surface area (Å²) in [4.78, 5) is 4.98. The van der Waals surface area contributed by atoms with Crippen LogP contribution >= 0.6 is 0 Å². The van der Waals surface area contributed by atoms with E-state index in [1.807, 2.05) is 0 Å². The molecule has 0 spiro atoms. The van der Waals surface area contributed by atoms with Crippen molar-refractivity contribution in [3.05, 3.63) is 0 Å². The second kappa shape index (κ2) is 4.66. The third-order valence-electron chi connectivity index (χ3n) is 1.32. The van der Waals surface area contributed by atoms with Crippen LogP contribution in [0.25, 0.3) is 0 Å². The molecule has 0 aliphatic carbocycles. The van der Waals surface area contributed by atoms with Gasteiger partial charge in [-0.2, -0.15) is 0 Å². The molecule has 1 heteroatoms. The maximum atomic E-state index is 2.49. The Bertz CT molecular complexity index is 40.3. The maximum absolute atomic E-state index is 2.49. The SMILES string of the molecule is CC(C)C[CH2][SnH]([CH3])[CH3]. The summed E-state index contributed by atoms with van der Waals surface area (Å²) >= 11 is -0.797. The van der Waals surface area contributed by atoms with Gasteiger partial charge in [-0.15, -0.1) is 0 Å². The normalized spacial score (nSPS) is 11.2. The van der Waals surface area contributed by atoms with Crippen LogP contribution in [0.3, 0.4) is 0 Å². The molecule has 50 valence electrons. The van der Waals surface area contributed by atoms with Crippen molar-refractivity contribution in [1.82, 2.24) is 0 Å². The molecule has 0 aromatic carbocycles. The Morgan fingerprint density at radius 3 is 1.88 bits per heavy atom. The van der Waals surface area contributed by atoms with Gasteiger partial charge in [-0.25, -0.2) is 0 Å². The van der Waals surface area contributed by atoms with Crippen molar-refractivity contribution in [1.29, 1.82) is 0 Å². The van der Waals surface area contributed by atoms with E-state index in [4.69, 9.17) is 0 Å². The third kappa shape index (κ3) is 6.80. The minimum absolute atomic E-state index is 0.797. The van der Waals surface area contributed by atoms with Gasteiger partial charge < -0.3 is 0 Å². The monoisotopic (exact) mass is 222 g/mol. The summed E-state index contributed by atoms with van der Waals surface area (Å²) < 4.78 is 1.60. The van der Waals surface area contributed by atoms with Gasteiger partial charge in [0, 0.05) is 0 Å². The second-order valence-electron chi connectivity index (χ2n) is 3.37. The fourth-order valence-electron chi connectivity index (χ4n) is 0.667. The van der Waals surface area contributed by atoms with Crippen molar-refractivity contribution in [2.75, 3.05) is 0 Å². The van der Waals surface area contributed by atoms with Crippen molar-refractivity contribution in [3.8, 4) is 0 Å². The summed E-state index contributed by atoms with van der Waals surface area (Å²) in [6.07, 6.45) is 1.48. The van der Waals surface area contributed by atoms with E-state index in [9.17, 15) is 0 Å². The van der Waals surface area contributed by atoms with Gasteiger partial charge in [0.25, 0.3) is 0 Å². The Hall–Kier alpha value is 0.799. The molecule has 0 unspecified atom stereocenters. The molecular formula is C7H18Sn. The summed E-state index contributed by atoms with van der Waals surface area (Å²) in [7, 11) is 0. The quantitative estimate of drug-likeness (QED) is 0.642. The van der Waals surface area contributed by atoms with Gasteiger partial charge in [-0.3, -0.25) is 0 Å². The zero-order valence-corrected chi connectivity index (χ0v) is 9.86. The summed E-state index contributed by atoms with van der Waals surface area (Å²) in [6.45, 7) is 4.63. The van der Waals surface area contributed by atoms with Gasteiger partial charge in [0.2, 0.25) is 0 Å². The molecule has 0 bridgehead atoms. The fraction of sp³-hybridized carbons (Fsp3) is 1.00. The van der Waals surface area contributed by atoms with Crippen molar-refractivity contribution in [3.63, 3.8) is 0 Å². The number of hydrogen-bond donors (Lipinski definition) is 0. The first-order chi connectivity index (χ1) is 3.63. The second-order valence-corrected chi connectivity index (χ2v) is 13.0. The molecule has 0 radical (unpaired) electrons. The van der Waals surface area contributed by atoms with Crippen LogP contribution in [0.15, 0.2) is 0 Å². The van der Waals surface area contributed by atoms with Crippen LogP contribution in [-0.4, -0.2) is 19.8 Å². The van der Waals surface area contributed by atoms with E-state index in [1.54, 1.807) is 4.44 Å². The van der Waals surface area contributed by atoms with E-state index < -0.39 is 19.8 Å². The Morgan fingerprint density at radius 1 is 1.25 bits per heavy atom. The van der Waals surface area contributed by atoms with E-state index in [0.29, 0.717) is 0 Å². The molecule has 0 fully saturated rings. The van der Waals surface area contributed by atoms with Crippen molar-refractivity contribution >= 4 is 19.8 Å². The molecular weight excluding hydrogens is 203 g/mol. The molecule has 0 aromatic heterocycles.